The molecule has 0 bridgehead atoms. The summed E-state index contributed by atoms with van der Waals surface area (Å²) >= 11 is 3.33. The van der Waals surface area contributed by atoms with E-state index >= 15 is 0 Å². The minimum Gasteiger partial charge on any atom is -0.346 e. The number of hydrogen-bond donors (Lipinski definition) is 2. The van der Waals surface area contributed by atoms with E-state index in [0.29, 0.717) is 18.9 Å². The van der Waals surface area contributed by atoms with Gasteiger partial charge in [-0.05, 0) is 42.7 Å². The molecule has 0 radical (unpaired) electrons. The summed E-state index contributed by atoms with van der Waals surface area (Å²) in [4.78, 5) is 24.3. The first kappa shape index (κ1) is 18.4. The van der Waals surface area contributed by atoms with Crippen molar-refractivity contribution in [3.8, 4) is 0 Å². The average molecular weight is 427 g/mol. The van der Waals surface area contributed by atoms with Crippen LogP contribution in [-0.4, -0.2) is 18.4 Å². The third kappa shape index (κ3) is 3.60. The first-order valence-corrected chi connectivity index (χ1v) is 8.60. The monoisotopic (exact) mass is 426 g/mol. The van der Waals surface area contributed by atoms with Crippen molar-refractivity contribution in [2.45, 2.75) is 18.3 Å². The van der Waals surface area contributed by atoms with Gasteiger partial charge in [0.25, 0.3) is 0 Å². The van der Waals surface area contributed by atoms with Crippen molar-refractivity contribution in [2.24, 2.45) is 0 Å². The molecule has 0 aromatic heterocycles. The molecule has 0 heterocycles. The highest BCUT2D eigenvalue weighted by Crippen LogP contribution is 2.48. The molecule has 26 heavy (non-hydrogen) atoms. The molecule has 4 nitrogen and oxygen atoms in total. The maximum atomic E-state index is 13.6. The number of hydrogen-bond acceptors (Lipinski definition) is 2. The molecule has 3 rings (SSSR count). The van der Waals surface area contributed by atoms with Crippen molar-refractivity contribution >= 4 is 33.4 Å². The van der Waals surface area contributed by atoms with Gasteiger partial charge >= 0.3 is 0 Å². The van der Waals surface area contributed by atoms with Gasteiger partial charge in [-0.2, -0.15) is 0 Å². The van der Waals surface area contributed by atoms with Crippen molar-refractivity contribution in [2.75, 3.05) is 11.9 Å². The highest BCUT2D eigenvalue weighted by Gasteiger charge is 2.51. The summed E-state index contributed by atoms with van der Waals surface area (Å²) in [5, 5.41) is 4.62. The third-order valence-corrected chi connectivity index (χ3v) is 4.83. The van der Waals surface area contributed by atoms with Gasteiger partial charge in [0.2, 0.25) is 11.8 Å². The molecule has 8 heteroatoms. The van der Waals surface area contributed by atoms with Crippen LogP contribution in [-0.2, 0) is 15.0 Å². The van der Waals surface area contributed by atoms with Crippen LogP contribution < -0.4 is 10.6 Å². The largest absolute Gasteiger partial charge is 0.346 e. The topological polar surface area (TPSA) is 58.2 Å². The number of halogens is 4. The fourth-order valence-corrected chi connectivity index (χ4v) is 2.95. The van der Waals surface area contributed by atoms with Crippen LogP contribution in [0.2, 0.25) is 0 Å². The Morgan fingerprint density at radius 1 is 1.00 bits per heavy atom. The molecule has 1 fully saturated rings. The Labute approximate surface area is 155 Å². The summed E-state index contributed by atoms with van der Waals surface area (Å²) < 4.78 is 40.5. The summed E-state index contributed by atoms with van der Waals surface area (Å²) in [5.74, 6) is -5.55. The molecule has 0 saturated heterocycles. The lowest BCUT2D eigenvalue weighted by atomic mass is 9.95. The smallest absolute Gasteiger partial charge is 0.243 e. The molecule has 0 aliphatic heterocycles. The van der Waals surface area contributed by atoms with E-state index in [4.69, 9.17) is 0 Å². The van der Waals surface area contributed by atoms with Crippen LogP contribution in [0.1, 0.15) is 18.4 Å². The number of benzene rings is 2. The lowest BCUT2D eigenvalue weighted by Crippen LogP contribution is -2.39. The van der Waals surface area contributed by atoms with Gasteiger partial charge in [0.05, 0.1) is 17.6 Å². The highest BCUT2D eigenvalue weighted by atomic mass is 79.9. The number of carbonyl (C=O) groups is 2. The zero-order valence-electron chi connectivity index (χ0n) is 13.4. The Balaban J connectivity index is 1.60. The molecule has 2 aromatic carbocycles. The highest BCUT2D eigenvalue weighted by molar-refractivity contribution is 9.10. The van der Waals surface area contributed by atoms with Crippen LogP contribution in [0, 0.1) is 17.5 Å². The third-order valence-electron chi connectivity index (χ3n) is 4.30. The summed E-state index contributed by atoms with van der Waals surface area (Å²) in [7, 11) is 0. The Kier molecular flexibility index (Phi) is 5.04. The summed E-state index contributed by atoms with van der Waals surface area (Å²) in [6.45, 7) is -0.407. The van der Waals surface area contributed by atoms with Crippen LogP contribution in [0.5, 0.6) is 0 Å². The number of amides is 2. The van der Waals surface area contributed by atoms with E-state index in [1.54, 1.807) is 0 Å². The van der Waals surface area contributed by atoms with Crippen molar-refractivity contribution in [3.05, 3.63) is 63.9 Å². The lowest BCUT2D eigenvalue weighted by Gasteiger charge is -2.16. The maximum Gasteiger partial charge on any atom is 0.243 e. The Hall–Kier alpha value is -2.35. The van der Waals surface area contributed by atoms with E-state index in [1.165, 1.54) is 0 Å². The first-order chi connectivity index (χ1) is 12.3. The zero-order chi connectivity index (χ0) is 18.9. The van der Waals surface area contributed by atoms with Gasteiger partial charge in [0.15, 0.2) is 17.5 Å². The first-order valence-electron chi connectivity index (χ1n) is 7.81. The minimum absolute atomic E-state index is 0.305. The normalized spacial score (nSPS) is 14.6. The molecule has 1 aliphatic rings. The lowest BCUT2D eigenvalue weighted by molar-refractivity contribution is -0.126. The molecule has 1 saturated carbocycles. The van der Waals surface area contributed by atoms with E-state index in [1.807, 2.05) is 24.3 Å². The maximum absolute atomic E-state index is 13.6. The number of carbonyl (C=O) groups excluding carboxylic acids is 2. The van der Waals surface area contributed by atoms with Gasteiger partial charge in [0, 0.05) is 4.47 Å². The average Bonchev–Trinajstić information content (AvgIpc) is 3.43. The fourth-order valence-electron chi connectivity index (χ4n) is 2.69. The number of rotatable bonds is 5. The van der Waals surface area contributed by atoms with Crippen LogP contribution in [0.4, 0.5) is 18.9 Å². The molecule has 0 atom stereocenters. The van der Waals surface area contributed by atoms with Crippen LogP contribution in [0.3, 0.4) is 0 Å². The Morgan fingerprint density at radius 2 is 1.65 bits per heavy atom. The minimum atomic E-state index is -1.67. The fraction of sp³-hybridized carbons (Fsp3) is 0.222. The molecular weight excluding hydrogens is 413 g/mol. The van der Waals surface area contributed by atoms with Gasteiger partial charge in [-0.1, -0.05) is 28.1 Å². The van der Waals surface area contributed by atoms with Gasteiger partial charge < -0.3 is 10.6 Å². The SMILES string of the molecule is O=C(CNC(=O)C1(c2ccc(Br)cc2)CC1)Nc1ccc(F)c(F)c1F. The van der Waals surface area contributed by atoms with Crippen molar-refractivity contribution in [1.82, 2.24) is 5.32 Å². The van der Waals surface area contributed by atoms with Gasteiger partial charge in [0.1, 0.15) is 0 Å². The second kappa shape index (κ2) is 7.11. The van der Waals surface area contributed by atoms with Crippen molar-refractivity contribution in [1.29, 1.82) is 0 Å². The summed E-state index contributed by atoms with van der Waals surface area (Å²) in [5.41, 5.74) is -0.295. The van der Waals surface area contributed by atoms with Crippen LogP contribution in [0.15, 0.2) is 40.9 Å². The number of anilines is 1. The van der Waals surface area contributed by atoms with Crippen LogP contribution >= 0.6 is 15.9 Å². The van der Waals surface area contributed by atoms with E-state index in [0.717, 1.165) is 16.1 Å². The molecule has 136 valence electrons. The van der Waals surface area contributed by atoms with Crippen LogP contribution in [0.25, 0.3) is 0 Å². The zero-order valence-corrected chi connectivity index (χ0v) is 15.0. The predicted molar refractivity (Wildman–Crippen MR) is 93.0 cm³/mol. The summed E-state index contributed by atoms with van der Waals surface area (Å²) in [6.07, 6.45) is 1.33. The molecule has 0 unspecified atom stereocenters. The van der Waals surface area contributed by atoms with Crippen molar-refractivity contribution < 1.29 is 22.8 Å². The van der Waals surface area contributed by atoms with E-state index < -0.39 is 41.0 Å². The predicted octanol–water partition coefficient (Wildman–Crippen LogP) is 3.65. The second-order valence-corrected chi connectivity index (χ2v) is 6.96. The quantitative estimate of drug-likeness (QED) is 0.716. The molecular formula is C18H14BrF3N2O2. The Bertz CT molecular complexity index is 867. The molecule has 2 amide bonds. The molecule has 2 aromatic rings. The molecule has 2 N–H and O–H groups in total. The molecule has 0 spiro atoms. The Morgan fingerprint density at radius 3 is 2.27 bits per heavy atom. The second-order valence-electron chi connectivity index (χ2n) is 6.04. The number of nitrogens with one attached hydrogen (secondary N) is 2. The van der Waals surface area contributed by atoms with E-state index in [9.17, 15) is 22.8 Å². The van der Waals surface area contributed by atoms with Gasteiger partial charge in [-0.15, -0.1) is 0 Å². The van der Waals surface area contributed by atoms with E-state index in [2.05, 4.69) is 26.6 Å². The van der Waals surface area contributed by atoms with E-state index in [-0.39, 0.29) is 5.91 Å². The standard InChI is InChI=1S/C18H14BrF3N2O2/c19-11-3-1-10(2-4-11)18(7-8-18)17(26)23-9-14(25)24-13-6-5-12(20)15(21)16(13)22/h1-6H,7-9H2,(H,23,26)(H,24,25). The summed E-state index contributed by atoms with van der Waals surface area (Å²) in [6, 6.07) is 8.97. The van der Waals surface area contributed by atoms with Gasteiger partial charge in [-0.25, -0.2) is 13.2 Å². The molecule has 1 aliphatic carbocycles. The van der Waals surface area contributed by atoms with Crippen molar-refractivity contribution in [3.63, 3.8) is 0 Å². The van der Waals surface area contributed by atoms with Gasteiger partial charge in [-0.3, -0.25) is 9.59 Å².